The number of hydroxylamine groups is 1. The summed E-state index contributed by atoms with van der Waals surface area (Å²) in [6, 6.07) is 12.3. The molecule has 1 aromatic heterocycles. The van der Waals surface area contributed by atoms with E-state index < -0.39 is 51.6 Å². The Bertz CT molecular complexity index is 1540. The Labute approximate surface area is 212 Å². The molecule has 0 spiro atoms. The zero-order valence-electron chi connectivity index (χ0n) is 20.4. The van der Waals surface area contributed by atoms with E-state index in [-0.39, 0.29) is 26.9 Å². The number of amides is 1. The largest absolute Gasteiger partial charge is 0.468 e. The number of hydrogen-bond donors (Lipinski definition) is 1. The van der Waals surface area contributed by atoms with Crippen molar-refractivity contribution in [3.63, 3.8) is 0 Å². The van der Waals surface area contributed by atoms with Crippen molar-refractivity contribution in [3.8, 4) is 5.75 Å². The average Bonchev–Trinajstić information content (AvgIpc) is 3.11. The first-order valence-electron chi connectivity index (χ1n) is 11.3. The fourth-order valence-electron chi connectivity index (χ4n) is 4.35. The Morgan fingerprint density at radius 1 is 1.14 bits per heavy atom. The monoisotopic (exact) mass is 527 g/mol. The van der Waals surface area contributed by atoms with E-state index in [1.54, 1.807) is 13.0 Å². The molecule has 2 N–H and O–H groups in total. The molecule has 0 radical (unpaired) electrons. The van der Waals surface area contributed by atoms with Crippen LogP contribution in [-0.4, -0.2) is 53.8 Å². The zero-order chi connectivity index (χ0) is 27.1. The summed E-state index contributed by atoms with van der Waals surface area (Å²) in [6.07, 6.45) is -0.570. The number of Topliss-reactive ketones (excluding diaryl/α,β-unsaturated/α-hetero) is 2. The van der Waals surface area contributed by atoms with Crippen LogP contribution in [0, 0.1) is 12.8 Å². The summed E-state index contributed by atoms with van der Waals surface area (Å²) in [5.74, 6) is -7.16. The van der Waals surface area contributed by atoms with Gasteiger partial charge >= 0.3 is 5.97 Å². The number of rotatable bonds is 3. The van der Waals surface area contributed by atoms with Crippen LogP contribution in [0.2, 0.25) is 0 Å². The molecule has 0 aliphatic carbocycles. The van der Waals surface area contributed by atoms with Crippen molar-refractivity contribution in [2.45, 2.75) is 26.8 Å². The molecular formula is C25H25N3O8S. The smallest absolute Gasteiger partial charge is 0.316 e. The molecule has 0 saturated carbocycles. The normalized spacial score (nSPS) is 17.7. The summed E-state index contributed by atoms with van der Waals surface area (Å²) in [4.78, 5) is 56.7. The fourth-order valence-corrected chi connectivity index (χ4v) is 5.63. The number of nitrogens with two attached hydrogens (primary N) is 1. The molecule has 1 aliphatic rings. The van der Waals surface area contributed by atoms with E-state index in [1.807, 2.05) is 34.9 Å². The quantitative estimate of drug-likeness (QED) is 0.306. The highest BCUT2D eigenvalue weighted by Gasteiger charge is 2.40. The number of hydrogen-bond acceptors (Lipinski definition) is 9. The highest BCUT2D eigenvalue weighted by molar-refractivity contribution is 7.89. The van der Waals surface area contributed by atoms with Crippen molar-refractivity contribution in [3.05, 3.63) is 59.3 Å². The van der Waals surface area contributed by atoms with Gasteiger partial charge in [0.15, 0.2) is 5.75 Å². The highest BCUT2D eigenvalue weighted by Crippen LogP contribution is 2.40. The second kappa shape index (κ2) is 9.69. The number of nitrogens with zero attached hydrogens (tertiary/aromatic N) is 2. The first-order chi connectivity index (χ1) is 17.5. The van der Waals surface area contributed by atoms with Gasteiger partial charge in [0.2, 0.25) is 11.6 Å². The number of benzene rings is 2. The van der Waals surface area contributed by atoms with Crippen molar-refractivity contribution >= 4 is 50.1 Å². The van der Waals surface area contributed by atoms with Gasteiger partial charge in [-0.05, 0) is 31.0 Å². The van der Waals surface area contributed by atoms with Crippen LogP contribution in [0.25, 0.3) is 10.9 Å². The lowest BCUT2D eigenvalue weighted by molar-refractivity contribution is -0.148. The van der Waals surface area contributed by atoms with Crippen molar-refractivity contribution in [1.29, 1.82) is 0 Å². The zero-order valence-corrected chi connectivity index (χ0v) is 21.2. The first kappa shape index (κ1) is 25.9. The molecule has 1 unspecified atom stereocenters. The van der Waals surface area contributed by atoms with Crippen molar-refractivity contribution < 1.29 is 37.2 Å². The highest BCUT2D eigenvalue weighted by atomic mass is 32.2. The average molecular weight is 528 g/mol. The molecule has 12 heteroatoms. The molecule has 0 bridgehead atoms. The Kier molecular flexibility index (Phi) is 6.78. The first-order valence-corrected chi connectivity index (χ1v) is 12.9. The minimum absolute atomic E-state index is 0.156. The summed E-state index contributed by atoms with van der Waals surface area (Å²) in [6.45, 7) is 3.11. The third kappa shape index (κ3) is 4.55. The molecule has 1 amide bonds. The van der Waals surface area contributed by atoms with Crippen LogP contribution in [0.3, 0.4) is 0 Å². The lowest BCUT2D eigenvalue weighted by Crippen LogP contribution is -2.43. The van der Waals surface area contributed by atoms with Crippen LogP contribution in [0.1, 0.15) is 35.0 Å². The lowest BCUT2D eigenvalue weighted by atomic mass is 9.93. The number of carbonyl (C=O) groups is 4. The molecule has 0 fully saturated rings. The van der Waals surface area contributed by atoms with E-state index in [1.165, 1.54) is 6.07 Å². The van der Waals surface area contributed by atoms with E-state index >= 15 is 0 Å². The molecule has 2 aromatic carbocycles. The summed E-state index contributed by atoms with van der Waals surface area (Å²) in [5, 5.41) is 0.156. The number of carbonyl (C=O) groups excluding carboxylic acids is 4. The molecule has 0 saturated heterocycles. The van der Waals surface area contributed by atoms with E-state index in [4.69, 9.17) is 10.6 Å². The maximum Gasteiger partial charge on any atom is 0.316 e. The van der Waals surface area contributed by atoms with Crippen LogP contribution >= 0.6 is 0 Å². The number of fused-ring (bicyclic) bond motifs is 3. The van der Waals surface area contributed by atoms with Crippen LogP contribution in [0.4, 0.5) is 5.69 Å². The van der Waals surface area contributed by atoms with Gasteiger partial charge in [-0.15, -0.1) is 0 Å². The molecule has 4 rings (SSSR count). The number of sulfonamides is 1. The number of methoxy groups -OCH3 is 1. The molecule has 1 aliphatic heterocycles. The minimum Gasteiger partial charge on any atom is -0.468 e. The molecule has 37 heavy (non-hydrogen) atoms. The second-order valence-corrected chi connectivity index (χ2v) is 10.5. The van der Waals surface area contributed by atoms with Crippen LogP contribution in [0.5, 0.6) is 5.75 Å². The van der Waals surface area contributed by atoms with Gasteiger partial charge in [-0.2, -0.15) is 0 Å². The van der Waals surface area contributed by atoms with Gasteiger partial charge in [-0.3, -0.25) is 19.2 Å². The predicted molar refractivity (Wildman–Crippen MR) is 133 cm³/mol. The van der Waals surface area contributed by atoms with Crippen molar-refractivity contribution in [1.82, 2.24) is 9.04 Å². The van der Waals surface area contributed by atoms with Gasteiger partial charge in [-0.25, -0.2) is 8.42 Å². The van der Waals surface area contributed by atoms with Gasteiger partial charge in [0, 0.05) is 19.2 Å². The summed E-state index contributed by atoms with van der Waals surface area (Å²) >= 11 is 0. The van der Waals surface area contributed by atoms with E-state index in [0.29, 0.717) is 17.8 Å². The molecule has 194 valence electrons. The van der Waals surface area contributed by atoms with Gasteiger partial charge in [0.25, 0.3) is 15.9 Å². The molecule has 3 aromatic rings. The minimum atomic E-state index is -4.47. The Morgan fingerprint density at radius 2 is 1.81 bits per heavy atom. The van der Waals surface area contributed by atoms with Crippen LogP contribution in [0.15, 0.2) is 42.5 Å². The van der Waals surface area contributed by atoms with Crippen molar-refractivity contribution in [2.75, 3.05) is 18.6 Å². The summed E-state index contributed by atoms with van der Waals surface area (Å²) in [5.41, 5.74) is 8.28. The molecule has 11 nitrogen and oxygen atoms in total. The number of ether oxygens (including phenoxy) is 1. The number of aromatic nitrogens is 1. The van der Waals surface area contributed by atoms with E-state index in [0.717, 1.165) is 19.6 Å². The SMILES string of the molecule is COC(=O)C1CCS(=O)(=O)N(C(C)=O)Oc2c(ccc3c2c(N)c(C)n3Cc2ccccc2)C(=O)C1=O. The predicted octanol–water partition coefficient (Wildman–Crippen LogP) is 2.00. The Morgan fingerprint density at radius 3 is 2.43 bits per heavy atom. The maximum atomic E-state index is 13.3. The number of anilines is 1. The van der Waals surface area contributed by atoms with E-state index in [9.17, 15) is 27.6 Å². The summed E-state index contributed by atoms with van der Waals surface area (Å²) in [7, 11) is -3.45. The second-order valence-electron chi connectivity index (χ2n) is 8.62. The Balaban J connectivity index is 2.00. The van der Waals surface area contributed by atoms with Gasteiger partial charge in [-0.1, -0.05) is 34.8 Å². The molecular weight excluding hydrogens is 502 g/mol. The number of nitrogen functional groups attached to an aromatic ring is 1. The van der Waals surface area contributed by atoms with Crippen LogP contribution in [-0.2, 0) is 35.7 Å². The van der Waals surface area contributed by atoms with Crippen LogP contribution < -0.4 is 10.6 Å². The van der Waals surface area contributed by atoms with Crippen molar-refractivity contribution in [2.24, 2.45) is 5.92 Å². The summed E-state index contributed by atoms with van der Waals surface area (Å²) < 4.78 is 32.7. The topological polar surface area (TPSA) is 155 Å². The number of ketones is 2. The molecule has 1 atom stereocenters. The lowest BCUT2D eigenvalue weighted by Gasteiger charge is -2.25. The van der Waals surface area contributed by atoms with E-state index in [2.05, 4.69) is 4.74 Å². The molecule has 2 heterocycles. The standard InChI is InChI=1S/C25H25N3O8S/c1-14-21(26)20-19(27(14)13-16-7-5-4-6-8-16)10-9-17-22(30)23(31)18(25(32)35-3)11-12-37(33,34)28(15(2)29)36-24(17)20/h4-10,18H,11-13,26H2,1-3H3. The number of esters is 1. The Hall–Kier alpha value is -4.19. The third-order valence-electron chi connectivity index (χ3n) is 6.29. The van der Waals surface area contributed by atoms with Gasteiger partial charge in [0.1, 0.15) is 5.92 Å². The van der Waals surface area contributed by atoms with Gasteiger partial charge < -0.3 is 19.9 Å². The van der Waals surface area contributed by atoms with Gasteiger partial charge in [0.05, 0.1) is 35.0 Å². The fraction of sp³-hybridized carbons (Fsp3) is 0.280. The maximum absolute atomic E-state index is 13.3. The third-order valence-corrected chi connectivity index (χ3v) is 7.88.